The fraction of sp³-hybridized carbons (Fsp3) is 0.182. The number of aryl methyl sites for hydroxylation is 2. The standard InChI is InChI=1S/C11H10N2S/c12-8-3-1-7-2-4-10-11(9(7)5-8)13-6-14-10/h1,3,5-6H,2,4,12H2. The van der Waals surface area contributed by atoms with Crippen LogP contribution in [0.2, 0.25) is 0 Å². The van der Waals surface area contributed by atoms with Crippen LogP contribution in [0.15, 0.2) is 23.7 Å². The third kappa shape index (κ3) is 1.06. The van der Waals surface area contributed by atoms with E-state index in [1.54, 1.807) is 11.3 Å². The fourth-order valence-corrected chi connectivity index (χ4v) is 2.73. The summed E-state index contributed by atoms with van der Waals surface area (Å²) in [6.07, 6.45) is 2.24. The van der Waals surface area contributed by atoms with E-state index in [1.807, 2.05) is 17.6 Å². The number of hydrogen-bond acceptors (Lipinski definition) is 3. The SMILES string of the molecule is Nc1ccc2c(c1)-c1ncsc1CC2. The summed E-state index contributed by atoms with van der Waals surface area (Å²) in [6, 6.07) is 6.12. The molecule has 1 aromatic heterocycles. The lowest BCUT2D eigenvalue weighted by atomic mass is 9.93. The van der Waals surface area contributed by atoms with Crippen LogP contribution in [-0.4, -0.2) is 4.98 Å². The van der Waals surface area contributed by atoms with E-state index in [1.165, 1.54) is 16.0 Å². The minimum absolute atomic E-state index is 0.824. The number of nitrogens with zero attached hydrogens (tertiary/aromatic N) is 1. The third-order valence-corrected chi connectivity index (χ3v) is 3.54. The Morgan fingerprint density at radius 2 is 2.21 bits per heavy atom. The van der Waals surface area contributed by atoms with Crippen LogP contribution >= 0.6 is 11.3 Å². The van der Waals surface area contributed by atoms with Gasteiger partial charge in [0.1, 0.15) is 0 Å². The number of nitrogen functional groups attached to an aromatic ring is 1. The molecule has 0 spiro atoms. The molecule has 3 heteroatoms. The van der Waals surface area contributed by atoms with Crippen LogP contribution in [-0.2, 0) is 12.8 Å². The summed E-state index contributed by atoms with van der Waals surface area (Å²) in [5.74, 6) is 0. The van der Waals surface area contributed by atoms with Crippen molar-refractivity contribution >= 4 is 17.0 Å². The van der Waals surface area contributed by atoms with Gasteiger partial charge in [-0.25, -0.2) is 4.98 Å². The molecule has 0 aliphatic heterocycles. The van der Waals surface area contributed by atoms with Gasteiger partial charge in [-0.2, -0.15) is 0 Å². The van der Waals surface area contributed by atoms with Gasteiger partial charge in [-0.15, -0.1) is 11.3 Å². The van der Waals surface area contributed by atoms with E-state index < -0.39 is 0 Å². The van der Waals surface area contributed by atoms with Crippen molar-refractivity contribution in [2.45, 2.75) is 12.8 Å². The van der Waals surface area contributed by atoms with Crippen LogP contribution in [0.5, 0.6) is 0 Å². The number of rotatable bonds is 0. The van der Waals surface area contributed by atoms with Crippen molar-refractivity contribution in [2.24, 2.45) is 0 Å². The molecular weight excluding hydrogens is 192 g/mol. The van der Waals surface area contributed by atoms with Gasteiger partial charge in [0.05, 0.1) is 11.2 Å². The Hall–Kier alpha value is -1.35. The minimum Gasteiger partial charge on any atom is -0.399 e. The van der Waals surface area contributed by atoms with Gasteiger partial charge in [0.2, 0.25) is 0 Å². The second-order valence-electron chi connectivity index (χ2n) is 3.54. The summed E-state index contributed by atoms with van der Waals surface area (Å²) < 4.78 is 0. The molecule has 0 radical (unpaired) electrons. The van der Waals surface area contributed by atoms with Crippen molar-refractivity contribution in [2.75, 3.05) is 5.73 Å². The lowest BCUT2D eigenvalue weighted by Crippen LogP contribution is -2.02. The first-order valence-electron chi connectivity index (χ1n) is 4.66. The first kappa shape index (κ1) is 8.00. The van der Waals surface area contributed by atoms with E-state index in [0.29, 0.717) is 0 Å². The van der Waals surface area contributed by atoms with Crippen LogP contribution in [0.1, 0.15) is 10.4 Å². The molecule has 0 unspecified atom stereocenters. The van der Waals surface area contributed by atoms with Gasteiger partial charge >= 0.3 is 0 Å². The zero-order valence-corrected chi connectivity index (χ0v) is 8.47. The maximum Gasteiger partial charge on any atom is 0.0846 e. The Morgan fingerprint density at radius 1 is 1.29 bits per heavy atom. The summed E-state index contributed by atoms with van der Waals surface area (Å²) in [7, 11) is 0. The Labute approximate surface area is 86.4 Å². The van der Waals surface area contributed by atoms with Crippen LogP contribution in [0.25, 0.3) is 11.3 Å². The predicted octanol–water partition coefficient (Wildman–Crippen LogP) is 2.49. The van der Waals surface area contributed by atoms with Gasteiger partial charge in [0.15, 0.2) is 0 Å². The molecule has 0 saturated heterocycles. The van der Waals surface area contributed by atoms with Gasteiger partial charge in [-0.1, -0.05) is 6.07 Å². The predicted molar refractivity (Wildman–Crippen MR) is 59.4 cm³/mol. The summed E-state index contributed by atoms with van der Waals surface area (Å²) in [6.45, 7) is 0. The second-order valence-corrected chi connectivity index (χ2v) is 4.48. The van der Waals surface area contributed by atoms with Gasteiger partial charge in [0, 0.05) is 16.1 Å². The molecule has 1 aromatic carbocycles. The zero-order chi connectivity index (χ0) is 9.54. The summed E-state index contributed by atoms with van der Waals surface area (Å²) in [4.78, 5) is 5.79. The van der Waals surface area contributed by atoms with E-state index in [-0.39, 0.29) is 0 Å². The van der Waals surface area contributed by atoms with Crippen molar-refractivity contribution in [1.29, 1.82) is 0 Å². The van der Waals surface area contributed by atoms with E-state index in [9.17, 15) is 0 Å². The number of aromatic nitrogens is 1. The molecule has 3 rings (SSSR count). The normalized spacial score (nSPS) is 13.4. The van der Waals surface area contributed by atoms with Gasteiger partial charge in [-0.3, -0.25) is 0 Å². The maximum absolute atomic E-state index is 5.78. The molecule has 1 heterocycles. The molecule has 2 nitrogen and oxygen atoms in total. The Morgan fingerprint density at radius 3 is 3.14 bits per heavy atom. The molecule has 0 bridgehead atoms. The van der Waals surface area contributed by atoms with Crippen LogP contribution in [0.4, 0.5) is 5.69 Å². The van der Waals surface area contributed by atoms with Crippen molar-refractivity contribution in [3.05, 3.63) is 34.2 Å². The van der Waals surface area contributed by atoms with Crippen molar-refractivity contribution in [3.8, 4) is 11.3 Å². The van der Waals surface area contributed by atoms with E-state index in [2.05, 4.69) is 11.1 Å². The molecule has 0 fully saturated rings. The first-order valence-corrected chi connectivity index (χ1v) is 5.54. The smallest absolute Gasteiger partial charge is 0.0846 e. The molecule has 0 atom stereocenters. The Bertz CT molecular complexity index is 488. The monoisotopic (exact) mass is 202 g/mol. The van der Waals surface area contributed by atoms with Gasteiger partial charge < -0.3 is 5.73 Å². The average Bonchev–Trinajstić information content (AvgIpc) is 2.65. The van der Waals surface area contributed by atoms with Crippen molar-refractivity contribution in [1.82, 2.24) is 4.98 Å². The second kappa shape index (κ2) is 2.82. The highest BCUT2D eigenvalue weighted by Crippen LogP contribution is 2.35. The Kier molecular flexibility index (Phi) is 1.61. The number of benzene rings is 1. The summed E-state index contributed by atoms with van der Waals surface area (Å²) in [5, 5.41) is 0. The first-order chi connectivity index (χ1) is 6.84. The molecular formula is C11H10N2S. The van der Waals surface area contributed by atoms with Crippen molar-refractivity contribution in [3.63, 3.8) is 0 Å². The highest BCUT2D eigenvalue weighted by Gasteiger charge is 2.18. The summed E-state index contributed by atoms with van der Waals surface area (Å²) >= 11 is 1.74. The topological polar surface area (TPSA) is 38.9 Å². The third-order valence-electron chi connectivity index (χ3n) is 2.65. The zero-order valence-electron chi connectivity index (χ0n) is 7.66. The maximum atomic E-state index is 5.78. The number of hydrogen-bond donors (Lipinski definition) is 1. The lowest BCUT2D eigenvalue weighted by molar-refractivity contribution is 0.955. The van der Waals surface area contributed by atoms with Crippen LogP contribution in [0.3, 0.4) is 0 Å². The van der Waals surface area contributed by atoms with E-state index in [0.717, 1.165) is 24.2 Å². The number of thiazole rings is 1. The molecule has 0 saturated carbocycles. The molecule has 1 aliphatic carbocycles. The van der Waals surface area contributed by atoms with Crippen molar-refractivity contribution < 1.29 is 0 Å². The molecule has 2 aromatic rings. The number of fused-ring (bicyclic) bond motifs is 3. The molecule has 2 N–H and O–H groups in total. The molecule has 14 heavy (non-hydrogen) atoms. The van der Waals surface area contributed by atoms with E-state index >= 15 is 0 Å². The number of anilines is 1. The quantitative estimate of drug-likeness (QED) is 0.667. The largest absolute Gasteiger partial charge is 0.399 e. The van der Waals surface area contributed by atoms with Crippen LogP contribution < -0.4 is 5.73 Å². The highest BCUT2D eigenvalue weighted by atomic mass is 32.1. The van der Waals surface area contributed by atoms with Gasteiger partial charge in [-0.05, 0) is 30.5 Å². The number of nitrogens with two attached hydrogens (primary N) is 1. The molecule has 70 valence electrons. The molecule has 0 amide bonds. The highest BCUT2D eigenvalue weighted by molar-refractivity contribution is 7.10. The average molecular weight is 202 g/mol. The molecule has 1 aliphatic rings. The Balaban J connectivity index is 2.28. The van der Waals surface area contributed by atoms with E-state index in [4.69, 9.17) is 5.73 Å². The summed E-state index contributed by atoms with van der Waals surface area (Å²) in [5.41, 5.74) is 12.3. The minimum atomic E-state index is 0.824. The van der Waals surface area contributed by atoms with Crippen LogP contribution in [0, 0.1) is 0 Å². The fourth-order valence-electron chi connectivity index (χ4n) is 1.95. The lowest BCUT2D eigenvalue weighted by Gasteiger charge is -2.15. The van der Waals surface area contributed by atoms with Gasteiger partial charge in [0.25, 0.3) is 0 Å².